The zero-order valence-corrected chi connectivity index (χ0v) is 10.5. The fourth-order valence-corrected chi connectivity index (χ4v) is 1.57. The number of anilines is 1. The molecule has 0 saturated carbocycles. The number of hydrogen-bond donors (Lipinski definition) is 1. The van der Waals surface area contributed by atoms with E-state index in [2.05, 4.69) is 10.3 Å². The minimum Gasteiger partial charge on any atom is -0.307 e. The molecule has 1 aromatic heterocycles. The van der Waals surface area contributed by atoms with E-state index in [1.807, 2.05) is 6.92 Å². The van der Waals surface area contributed by atoms with E-state index in [-0.39, 0.29) is 11.4 Å². The molecule has 104 valence electrons. The zero-order valence-electron chi connectivity index (χ0n) is 10.5. The molecule has 1 aromatic carbocycles. The fourth-order valence-electron chi connectivity index (χ4n) is 1.57. The minimum atomic E-state index is -4.47. The first-order valence-corrected chi connectivity index (χ1v) is 5.77. The number of carbonyl (C=O) groups excluding carboxylic acids is 1. The van der Waals surface area contributed by atoms with Gasteiger partial charge in [0, 0.05) is 11.8 Å². The van der Waals surface area contributed by atoms with Crippen molar-refractivity contribution in [2.24, 2.45) is 0 Å². The number of hydrogen-bond acceptors (Lipinski definition) is 2. The molecule has 0 radical (unpaired) electrons. The molecule has 20 heavy (non-hydrogen) atoms. The van der Waals surface area contributed by atoms with Crippen molar-refractivity contribution in [3.63, 3.8) is 0 Å². The van der Waals surface area contributed by atoms with Crippen LogP contribution in [0, 0.1) is 6.92 Å². The lowest BCUT2D eigenvalue weighted by Gasteiger charge is -2.09. The van der Waals surface area contributed by atoms with Crippen LogP contribution in [-0.4, -0.2) is 10.9 Å². The summed E-state index contributed by atoms with van der Waals surface area (Å²) in [6, 6.07) is 7.57. The van der Waals surface area contributed by atoms with Gasteiger partial charge < -0.3 is 5.32 Å². The SMILES string of the molecule is Cc1ccc(NC(=O)c2cccc(C(F)(F)F)c2)nc1. The van der Waals surface area contributed by atoms with Gasteiger partial charge >= 0.3 is 6.18 Å². The molecule has 1 heterocycles. The second-order valence-electron chi connectivity index (χ2n) is 4.25. The molecule has 0 aliphatic carbocycles. The summed E-state index contributed by atoms with van der Waals surface area (Å²) < 4.78 is 37.7. The van der Waals surface area contributed by atoms with E-state index in [1.165, 1.54) is 12.1 Å². The number of nitrogens with one attached hydrogen (secondary N) is 1. The summed E-state index contributed by atoms with van der Waals surface area (Å²) in [5, 5.41) is 2.45. The molecule has 0 fully saturated rings. The summed E-state index contributed by atoms with van der Waals surface area (Å²) in [6.45, 7) is 1.84. The van der Waals surface area contributed by atoms with Gasteiger partial charge in [0.2, 0.25) is 0 Å². The van der Waals surface area contributed by atoms with E-state index < -0.39 is 17.6 Å². The van der Waals surface area contributed by atoms with Gasteiger partial charge in [-0.2, -0.15) is 13.2 Å². The van der Waals surface area contributed by atoms with Crippen molar-refractivity contribution >= 4 is 11.7 Å². The molecule has 0 saturated heterocycles. The Kier molecular flexibility index (Phi) is 3.74. The topological polar surface area (TPSA) is 42.0 Å². The summed E-state index contributed by atoms with van der Waals surface area (Å²) >= 11 is 0. The van der Waals surface area contributed by atoms with Crippen LogP contribution >= 0.6 is 0 Å². The molecule has 2 aromatic rings. The van der Waals surface area contributed by atoms with Crippen LogP contribution in [0.3, 0.4) is 0 Å². The molecule has 3 nitrogen and oxygen atoms in total. The molecule has 0 unspecified atom stereocenters. The highest BCUT2D eigenvalue weighted by molar-refractivity contribution is 6.03. The van der Waals surface area contributed by atoms with Gasteiger partial charge in [0.05, 0.1) is 5.56 Å². The van der Waals surface area contributed by atoms with Crippen LogP contribution < -0.4 is 5.32 Å². The predicted octanol–water partition coefficient (Wildman–Crippen LogP) is 3.66. The Balaban J connectivity index is 2.19. The normalized spacial score (nSPS) is 11.2. The van der Waals surface area contributed by atoms with Gasteiger partial charge in [0.25, 0.3) is 5.91 Å². The van der Waals surface area contributed by atoms with Crippen LogP contribution in [0.1, 0.15) is 21.5 Å². The minimum absolute atomic E-state index is 0.0674. The Hall–Kier alpha value is -2.37. The summed E-state index contributed by atoms with van der Waals surface area (Å²) in [4.78, 5) is 15.8. The third kappa shape index (κ3) is 3.34. The number of aromatic nitrogens is 1. The average molecular weight is 280 g/mol. The molecule has 0 bridgehead atoms. The van der Waals surface area contributed by atoms with Crippen LogP contribution in [-0.2, 0) is 6.18 Å². The number of carbonyl (C=O) groups is 1. The Morgan fingerprint density at radius 2 is 1.95 bits per heavy atom. The van der Waals surface area contributed by atoms with Crippen LogP contribution in [0.25, 0.3) is 0 Å². The summed E-state index contributed by atoms with van der Waals surface area (Å²) in [5.41, 5.74) is -0.00807. The van der Waals surface area contributed by atoms with Crippen molar-refractivity contribution in [3.05, 3.63) is 59.3 Å². The molecule has 0 atom stereocenters. The number of alkyl halides is 3. The molecular formula is C14H11F3N2O. The van der Waals surface area contributed by atoms with Crippen molar-refractivity contribution in [1.29, 1.82) is 0 Å². The number of halogens is 3. The highest BCUT2D eigenvalue weighted by atomic mass is 19.4. The molecule has 1 amide bonds. The first-order valence-electron chi connectivity index (χ1n) is 5.77. The van der Waals surface area contributed by atoms with Gasteiger partial charge in [-0.15, -0.1) is 0 Å². The van der Waals surface area contributed by atoms with E-state index in [0.717, 1.165) is 17.7 Å². The maximum Gasteiger partial charge on any atom is 0.416 e. The maximum atomic E-state index is 12.6. The maximum absolute atomic E-state index is 12.6. The number of benzene rings is 1. The van der Waals surface area contributed by atoms with Crippen molar-refractivity contribution in [2.75, 3.05) is 5.32 Å². The largest absolute Gasteiger partial charge is 0.416 e. The van der Waals surface area contributed by atoms with Crippen LogP contribution in [0.4, 0.5) is 19.0 Å². The standard InChI is InChI=1S/C14H11F3N2O/c1-9-5-6-12(18-8-9)19-13(20)10-3-2-4-11(7-10)14(15,16)17/h2-8H,1H3,(H,18,19,20). The molecular weight excluding hydrogens is 269 g/mol. The van der Waals surface area contributed by atoms with Crippen LogP contribution in [0.15, 0.2) is 42.6 Å². The molecule has 0 spiro atoms. The van der Waals surface area contributed by atoms with Crippen LogP contribution in [0.5, 0.6) is 0 Å². The van der Waals surface area contributed by atoms with Crippen molar-refractivity contribution in [1.82, 2.24) is 4.98 Å². The monoisotopic (exact) mass is 280 g/mol. The molecule has 0 aliphatic heterocycles. The van der Waals surface area contributed by atoms with Crippen molar-refractivity contribution < 1.29 is 18.0 Å². The third-order valence-electron chi connectivity index (χ3n) is 2.61. The Morgan fingerprint density at radius 1 is 1.20 bits per heavy atom. The van der Waals surface area contributed by atoms with E-state index in [1.54, 1.807) is 18.3 Å². The number of amides is 1. The quantitative estimate of drug-likeness (QED) is 0.912. The van der Waals surface area contributed by atoms with E-state index in [9.17, 15) is 18.0 Å². The summed E-state index contributed by atoms with van der Waals surface area (Å²) in [5.74, 6) is -0.342. The lowest BCUT2D eigenvalue weighted by Crippen LogP contribution is -2.14. The van der Waals surface area contributed by atoms with Crippen molar-refractivity contribution in [3.8, 4) is 0 Å². The second kappa shape index (κ2) is 5.32. The van der Waals surface area contributed by atoms with Gasteiger partial charge in [-0.1, -0.05) is 12.1 Å². The highest BCUT2D eigenvalue weighted by Gasteiger charge is 2.30. The molecule has 6 heteroatoms. The van der Waals surface area contributed by atoms with E-state index in [4.69, 9.17) is 0 Å². The molecule has 1 N–H and O–H groups in total. The summed E-state index contributed by atoms with van der Waals surface area (Å²) in [7, 11) is 0. The van der Waals surface area contributed by atoms with E-state index in [0.29, 0.717) is 0 Å². The van der Waals surface area contributed by atoms with Crippen molar-refractivity contribution in [2.45, 2.75) is 13.1 Å². The highest BCUT2D eigenvalue weighted by Crippen LogP contribution is 2.29. The second-order valence-corrected chi connectivity index (χ2v) is 4.25. The Bertz CT molecular complexity index is 621. The molecule has 0 aliphatic rings. The summed E-state index contributed by atoms with van der Waals surface area (Å²) in [6.07, 6.45) is -2.92. The first-order chi connectivity index (χ1) is 9.36. The van der Waals surface area contributed by atoms with Gasteiger partial charge in [-0.05, 0) is 36.8 Å². The third-order valence-corrected chi connectivity index (χ3v) is 2.61. The fraction of sp³-hybridized carbons (Fsp3) is 0.143. The van der Waals surface area contributed by atoms with Crippen LogP contribution in [0.2, 0.25) is 0 Å². The number of nitrogens with zero attached hydrogens (tertiary/aromatic N) is 1. The van der Waals surface area contributed by atoms with Gasteiger partial charge in [-0.25, -0.2) is 4.98 Å². The number of rotatable bonds is 2. The Labute approximate surface area is 113 Å². The smallest absolute Gasteiger partial charge is 0.307 e. The predicted molar refractivity (Wildman–Crippen MR) is 68.4 cm³/mol. The molecule has 2 rings (SSSR count). The lowest BCUT2D eigenvalue weighted by atomic mass is 10.1. The van der Waals surface area contributed by atoms with E-state index >= 15 is 0 Å². The Morgan fingerprint density at radius 3 is 2.55 bits per heavy atom. The number of pyridine rings is 1. The van der Waals surface area contributed by atoms with Gasteiger partial charge in [-0.3, -0.25) is 4.79 Å². The zero-order chi connectivity index (χ0) is 14.8. The van der Waals surface area contributed by atoms with Gasteiger partial charge in [0.15, 0.2) is 0 Å². The number of aryl methyl sites for hydroxylation is 1. The lowest BCUT2D eigenvalue weighted by molar-refractivity contribution is -0.137. The average Bonchev–Trinajstić information content (AvgIpc) is 2.40. The van der Waals surface area contributed by atoms with Gasteiger partial charge in [0.1, 0.15) is 5.82 Å². The first kappa shape index (κ1) is 14.0.